The van der Waals surface area contributed by atoms with Gasteiger partial charge >= 0.3 is 5.97 Å². The van der Waals surface area contributed by atoms with Crippen molar-refractivity contribution < 1.29 is 29.2 Å². The molecule has 2 N–H and O–H groups in total. The van der Waals surface area contributed by atoms with Crippen LogP contribution in [0.15, 0.2) is 23.6 Å². The molecule has 2 fully saturated rings. The highest BCUT2D eigenvalue weighted by Gasteiger charge is 2.47. The van der Waals surface area contributed by atoms with Gasteiger partial charge in [0.25, 0.3) is 0 Å². The molecule has 29 heavy (non-hydrogen) atoms. The minimum Gasteiger partial charge on any atom is -0.493 e. The molecule has 1 aliphatic carbocycles. The van der Waals surface area contributed by atoms with Crippen molar-refractivity contribution in [3.8, 4) is 11.5 Å². The number of benzene rings is 1. The van der Waals surface area contributed by atoms with Crippen molar-refractivity contribution in [2.24, 2.45) is 11.8 Å². The number of carbonyl (C=O) groups is 1. The van der Waals surface area contributed by atoms with Crippen LogP contribution < -0.4 is 9.47 Å². The zero-order chi connectivity index (χ0) is 20.0. The van der Waals surface area contributed by atoms with E-state index < -0.39 is 12.1 Å². The number of aliphatic hydroxyl groups is 1. The fraction of sp³-hybridized carbons (Fsp3) is 0.524. The maximum absolute atomic E-state index is 11.1. The van der Waals surface area contributed by atoms with Gasteiger partial charge in [-0.1, -0.05) is 0 Å². The average Bonchev–Trinajstić information content (AvgIpc) is 3.43. The average molecular weight is 417 g/mol. The van der Waals surface area contributed by atoms with Crippen molar-refractivity contribution in [3.63, 3.8) is 0 Å². The summed E-state index contributed by atoms with van der Waals surface area (Å²) in [5, 5.41) is 21.9. The summed E-state index contributed by atoms with van der Waals surface area (Å²) in [6.45, 7) is 1.17. The number of hydrogen-bond acceptors (Lipinski definition) is 7. The summed E-state index contributed by atoms with van der Waals surface area (Å²) < 4.78 is 17.8. The molecule has 0 radical (unpaired) electrons. The molecule has 1 aromatic heterocycles. The Hall–Kier alpha value is -2.16. The molecule has 1 aromatic carbocycles. The Morgan fingerprint density at radius 2 is 2.24 bits per heavy atom. The lowest BCUT2D eigenvalue weighted by Crippen LogP contribution is -2.33. The third-order valence-electron chi connectivity index (χ3n) is 6.22. The summed E-state index contributed by atoms with van der Waals surface area (Å²) >= 11 is 1.32. The zero-order valence-corrected chi connectivity index (χ0v) is 16.6. The number of rotatable bonds is 5. The van der Waals surface area contributed by atoms with Gasteiger partial charge in [0.05, 0.1) is 25.4 Å². The van der Waals surface area contributed by atoms with E-state index in [-0.39, 0.29) is 29.7 Å². The van der Waals surface area contributed by atoms with Gasteiger partial charge in [0.15, 0.2) is 5.69 Å². The summed E-state index contributed by atoms with van der Waals surface area (Å²) in [6.07, 6.45) is 2.44. The summed E-state index contributed by atoms with van der Waals surface area (Å²) in [4.78, 5) is 15.3. The van der Waals surface area contributed by atoms with E-state index in [1.807, 2.05) is 18.2 Å². The second-order valence-corrected chi connectivity index (χ2v) is 8.82. The molecule has 154 valence electrons. The quantitative estimate of drug-likeness (QED) is 0.771. The van der Waals surface area contributed by atoms with E-state index in [2.05, 4.69) is 4.98 Å². The van der Waals surface area contributed by atoms with Crippen molar-refractivity contribution >= 4 is 17.3 Å². The summed E-state index contributed by atoms with van der Waals surface area (Å²) in [5.74, 6) is 0.976. The number of ether oxygens (including phenoxy) is 3. The third-order valence-corrected chi connectivity index (χ3v) is 7.15. The standard InChI is InChI=1S/C21H23NO6S/c23-16-8-19-13(2-4-18(28-19)20-22-15(10-29-20)21(24)25)14(16)9-27-12-1-3-17-11(7-12)5-6-26-17/h1,3,7,10,13-14,16,18-19,23H,2,4-6,8-9H2,(H,24,25)/t13-,14?,16-,18?,19+/m1/s1. The van der Waals surface area contributed by atoms with Crippen molar-refractivity contribution in [2.45, 2.75) is 44.0 Å². The first-order chi connectivity index (χ1) is 14.1. The Balaban J connectivity index is 1.22. The Labute approximate surface area is 172 Å². The molecule has 5 rings (SSSR count). The van der Waals surface area contributed by atoms with Gasteiger partial charge in [0.2, 0.25) is 0 Å². The molecule has 1 saturated carbocycles. The van der Waals surface area contributed by atoms with Gasteiger partial charge < -0.3 is 24.4 Å². The van der Waals surface area contributed by atoms with Gasteiger partial charge in [0, 0.05) is 29.7 Å². The van der Waals surface area contributed by atoms with E-state index >= 15 is 0 Å². The van der Waals surface area contributed by atoms with E-state index in [0.29, 0.717) is 18.0 Å². The van der Waals surface area contributed by atoms with Crippen molar-refractivity contribution in [1.29, 1.82) is 0 Å². The smallest absolute Gasteiger partial charge is 0.355 e. The van der Waals surface area contributed by atoms with Crippen LogP contribution in [-0.4, -0.2) is 46.6 Å². The summed E-state index contributed by atoms with van der Waals surface area (Å²) in [7, 11) is 0. The molecule has 2 aromatic rings. The van der Waals surface area contributed by atoms with E-state index in [1.165, 1.54) is 16.9 Å². The first-order valence-electron chi connectivity index (χ1n) is 9.99. The van der Waals surface area contributed by atoms with E-state index in [4.69, 9.17) is 19.3 Å². The van der Waals surface area contributed by atoms with Crippen LogP contribution in [0.5, 0.6) is 11.5 Å². The SMILES string of the molecule is O=C(O)c1csc(C2CC[C@@H]3C(COc4ccc5c(c4)CCO5)[C@H](O)C[C@@H]3O2)n1. The second-order valence-electron chi connectivity index (χ2n) is 7.93. The lowest BCUT2D eigenvalue weighted by molar-refractivity contribution is -0.0811. The molecule has 3 heterocycles. The molecule has 5 atom stereocenters. The highest BCUT2D eigenvalue weighted by Crippen LogP contribution is 2.46. The Morgan fingerprint density at radius 3 is 3.07 bits per heavy atom. The number of aromatic nitrogens is 1. The largest absolute Gasteiger partial charge is 0.493 e. The molecule has 2 aliphatic heterocycles. The molecule has 7 nitrogen and oxygen atoms in total. The second kappa shape index (κ2) is 7.59. The van der Waals surface area contributed by atoms with Crippen LogP contribution in [0.4, 0.5) is 0 Å². The van der Waals surface area contributed by atoms with Crippen molar-refractivity contribution in [2.75, 3.05) is 13.2 Å². The molecule has 3 aliphatic rings. The van der Waals surface area contributed by atoms with E-state index in [0.717, 1.165) is 37.4 Å². The summed E-state index contributed by atoms with van der Waals surface area (Å²) in [6, 6.07) is 5.88. The fourth-order valence-electron chi connectivity index (χ4n) is 4.72. The number of carboxylic acids is 1. The highest BCUT2D eigenvalue weighted by molar-refractivity contribution is 7.09. The Bertz CT molecular complexity index is 914. The van der Waals surface area contributed by atoms with Crippen LogP contribution in [0, 0.1) is 11.8 Å². The number of aliphatic hydroxyl groups excluding tert-OH is 1. The monoisotopic (exact) mass is 417 g/mol. The van der Waals surface area contributed by atoms with Crippen molar-refractivity contribution in [3.05, 3.63) is 39.8 Å². The number of nitrogens with zero attached hydrogens (tertiary/aromatic N) is 1. The van der Waals surface area contributed by atoms with Crippen molar-refractivity contribution in [1.82, 2.24) is 4.98 Å². The van der Waals surface area contributed by atoms with Gasteiger partial charge in [-0.05, 0) is 37.0 Å². The molecule has 0 spiro atoms. The van der Waals surface area contributed by atoms with Gasteiger partial charge in [-0.3, -0.25) is 0 Å². The Morgan fingerprint density at radius 1 is 1.34 bits per heavy atom. The molecule has 8 heteroatoms. The molecular weight excluding hydrogens is 394 g/mol. The van der Waals surface area contributed by atoms with Gasteiger partial charge in [-0.25, -0.2) is 9.78 Å². The summed E-state index contributed by atoms with van der Waals surface area (Å²) in [5.41, 5.74) is 1.23. The van der Waals surface area contributed by atoms with E-state index in [1.54, 1.807) is 5.38 Å². The number of hydrogen-bond donors (Lipinski definition) is 2. The number of aromatic carboxylic acids is 1. The molecule has 0 bridgehead atoms. The first kappa shape index (κ1) is 18.8. The predicted molar refractivity (Wildman–Crippen MR) is 105 cm³/mol. The van der Waals surface area contributed by atoms with Crippen LogP contribution in [-0.2, 0) is 11.2 Å². The van der Waals surface area contributed by atoms with Crippen LogP contribution >= 0.6 is 11.3 Å². The lowest BCUT2D eigenvalue weighted by atomic mass is 9.87. The minimum atomic E-state index is -1.02. The van der Waals surface area contributed by atoms with Crippen LogP contribution in [0.25, 0.3) is 0 Å². The lowest BCUT2D eigenvalue weighted by Gasteiger charge is -2.33. The molecule has 0 amide bonds. The number of fused-ring (bicyclic) bond motifs is 2. The maximum atomic E-state index is 11.1. The highest BCUT2D eigenvalue weighted by atomic mass is 32.1. The molecule has 1 saturated heterocycles. The number of carboxylic acid groups (broad SMARTS) is 1. The molecular formula is C21H23NO6S. The first-order valence-corrected chi connectivity index (χ1v) is 10.9. The van der Waals surface area contributed by atoms with Gasteiger partial charge in [-0.15, -0.1) is 11.3 Å². The molecule has 2 unspecified atom stereocenters. The maximum Gasteiger partial charge on any atom is 0.355 e. The normalized spacial score (nSPS) is 30.4. The van der Waals surface area contributed by atoms with Crippen LogP contribution in [0.1, 0.15) is 46.4 Å². The van der Waals surface area contributed by atoms with Gasteiger partial charge in [0.1, 0.15) is 22.6 Å². The van der Waals surface area contributed by atoms with Crippen LogP contribution in [0.3, 0.4) is 0 Å². The third kappa shape index (κ3) is 3.60. The van der Waals surface area contributed by atoms with Gasteiger partial charge in [-0.2, -0.15) is 0 Å². The predicted octanol–water partition coefficient (Wildman–Crippen LogP) is 3.07. The topological polar surface area (TPSA) is 98.1 Å². The van der Waals surface area contributed by atoms with E-state index in [9.17, 15) is 9.90 Å². The minimum absolute atomic E-state index is 0.0244. The van der Waals surface area contributed by atoms with Crippen LogP contribution in [0.2, 0.25) is 0 Å². The fourth-order valence-corrected chi connectivity index (χ4v) is 5.59. The number of thiazole rings is 1. The zero-order valence-electron chi connectivity index (χ0n) is 15.8. The Kier molecular flexibility index (Phi) is 4.93.